The Labute approximate surface area is 126 Å². The van der Waals surface area contributed by atoms with Crippen molar-refractivity contribution in [2.75, 3.05) is 19.8 Å². The van der Waals surface area contributed by atoms with E-state index in [1.54, 1.807) is 11.8 Å². The van der Waals surface area contributed by atoms with E-state index in [4.69, 9.17) is 5.11 Å². The summed E-state index contributed by atoms with van der Waals surface area (Å²) < 4.78 is 0. The summed E-state index contributed by atoms with van der Waals surface area (Å²) in [5.74, 6) is -0.996. The molecule has 0 saturated heterocycles. The molecule has 122 valence electrons. The second kappa shape index (κ2) is 12.3. The maximum Gasteiger partial charge on any atom is 0.304 e. The topological polar surface area (TPSA) is 89.9 Å². The molecule has 0 aromatic heterocycles. The molecule has 0 saturated carbocycles. The molecule has 0 spiro atoms. The molecule has 0 aliphatic carbocycles. The summed E-state index contributed by atoms with van der Waals surface area (Å²) in [5, 5.41) is 20.8. The van der Waals surface area contributed by atoms with Gasteiger partial charge in [-0.25, -0.2) is 0 Å². The van der Waals surface area contributed by atoms with Gasteiger partial charge in [-0.15, -0.1) is 0 Å². The van der Waals surface area contributed by atoms with Crippen LogP contribution in [0.3, 0.4) is 0 Å². The Morgan fingerprint density at radius 2 is 2.05 bits per heavy atom. The third kappa shape index (κ3) is 13.3. The number of carbonyl (C=O) groups is 2. The quantitative estimate of drug-likeness (QED) is 0.288. The summed E-state index contributed by atoms with van der Waals surface area (Å²) in [4.78, 5) is 23.9. The van der Waals surface area contributed by atoms with Crippen LogP contribution in [0.15, 0.2) is 12.2 Å². The predicted octanol–water partition coefficient (Wildman–Crippen LogP) is 1.35. The fourth-order valence-electron chi connectivity index (χ4n) is 1.76. The first-order valence-corrected chi connectivity index (χ1v) is 7.49. The van der Waals surface area contributed by atoms with Crippen LogP contribution < -0.4 is 5.32 Å². The SMILES string of the molecule is CCCC/C=C/CC(=O)NCN(CCC(=O)O)CC(C)O. The molecule has 1 atom stereocenters. The molecule has 1 unspecified atom stereocenters. The minimum Gasteiger partial charge on any atom is -0.481 e. The molecular formula is C15H28N2O4. The number of aliphatic hydroxyl groups excluding tert-OH is 1. The molecule has 6 heteroatoms. The molecule has 0 aliphatic heterocycles. The molecule has 1 amide bonds. The van der Waals surface area contributed by atoms with E-state index in [0.717, 1.165) is 19.3 Å². The van der Waals surface area contributed by atoms with Crippen LogP contribution in [-0.2, 0) is 9.59 Å². The number of carboxylic acids is 1. The average Bonchev–Trinajstić information content (AvgIpc) is 2.41. The van der Waals surface area contributed by atoms with Gasteiger partial charge in [0.1, 0.15) is 0 Å². The van der Waals surface area contributed by atoms with Crippen molar-refractivity contribution in [3.05, 3.63) is 12.2 Å². The van der Waals surface area contributed by atoms with Crippen molar-refractivity contribution in [2.24, 2.45) is 0 Å². The zero-order chi connectivity index (χ0) is 16.1. The summed E-state index contributed by atoms with van der Waals surface area (Å²) in [6.07, 6.45) is 6.83. The summed E-state index contributed by atoms with van der Waals surface area (Å²) in [6.45, 7) is 4.63. The monoisotopic (exact) mass is 300 g/mol. The third-order valence-electron chi connectivity index (χ3n) is 2.86. The van der Waals surface area contributed by atoms with E-state index in [2.05, 4.69) is 12.2 Å². The Morgan fingerprint density at radius 1 is 1.33 bits per heavy atom. The minimum atomic E-state index is -0.893. The van der Waals surface area contributed by atoms with Crippen molar-refractivity contribution in [3.63, 3.8) is 0 Å². The van der Waals surface area contributed by atoms with Crippen LogP contribution in [0.1, 0.15) is 46.0 Å². The molecule has 3 N–H and O–H groups in total. The highest BCUT2D eigenvalue weighted by atomic mass is 16.4. The molecule has 0 aromatic carbocycles. The number of allylic oxidation sites excluding steroid dienone is 1. The second-order valence-electron chi connectivity index (χ2n) is 5.15. The van der Waals surface area contributed by atoms with Gasteiger partial charge in [0.25, 0.3) is 0 Å². The Kier molecular flexibility index (Phi) is 11.5. The first kappa shape index (κ1) is 19.6. The van der Waals surface area contributed by atoms with Crippen molar-refractivity contribution in [1.82, 2.24) is 10.2 Å². The molecule has 0 radical (unpaired) electrons. The van der Waals surface area contributed by atoms with Gasteiger partial charge < -0.3 is 15.5 Å². The van der Waals surface area contributed by atoms with Crippen molar-refractivity contribution in [2.45, 2.75) is 52.1 Å². The van der Waals surface area contributed by atoms with Crippen LogP contribution in [0.25, 0.3) is 0 Å². The van der Waals surface area contributed by atoms with E-state index in [1.807, 2.05) is 12.2 Å². The number of rotatable bonds is 12. The Bertz CT molecular complexity index is 330. The number of aliphatic hydroxyl groups is 1. The Morgan fingerprint density at radius 3 is 2.62 bits per heavy atom. The summed E-state index contributed by atoms with van der Waals surface area (Å²) >= 11 is 0. The summed E-state index contributed by atoms with van der Waals surface area (Å²) in [5.41, 5.74) is 0. The molecule has 21 heavy (non-hydrogen) atoms. The van der Waals surface area contributed by atoms with Crippen molar-refractivity contribution < 1.29 is 19.8 Å². The average molecular weight is 300 g/mol. The van der Waals surface area contributed by atoms with E-state index in [9.17, 15) is 14.7 Å². The largest absolute Gasteiger partial charge is 0.481 e. The number of nitrogens with one attached hydrogen (secondary N) is 1. The number of hydrogen-bond donors (Lipinski definition) is 3. The van der Waals surface area contributed by atoms with Crippen LogP contribution >= 0.6 is 0 Å². The number of aliphatic carboxylic acids is 1. The normalized spacial score (nSPS) is 12.8. The fourth-order valence-corrected chi connectivity index (χ4v) is 1.76. The lowest BCUT2D eigenvalue weighted by atomic mass is 10.2. The molecule has 0 aliphatic rings. The van der Waals surface area contributed by atoms with E-state index >= 15 is 0 Å². The first-order valence-electron chi connectivity index (χ1n) is 7.49. The van der Waals surface area contributed by atoms with E-state index in [-0.39, 0.29) is 19.0 Å². The van der Waals surface area contributed by atoms with Gasteiger partial charge in [0, 0.05) is 19.5 Å². The lowest BCUT2D eigenvalue weighted by Crippen LogP contribution is -2.41. The van der Waals surface area contributed by atoms with Crippen LogP contribution in [0, 0.1) is 0 Å². The number of nitrogens with zero attached hydrogens (tertiary/aromatic N) is 1. The molecule has 0 heterocycles. The third-order valence-corrected chi connectivity index (χ3v) is 2.86. The highest BCUT2D eigenvalue weighted by Crippen LogP contribution is 1.97. The highest BCUT2D eigenvalue weighted by Gasteiger charge is 2.11. The van der Waals surface area contributed by atoms with Gasteiger partial charge in [-0.2, -0.15) is 0 Å². The highest BCUT2D eigenvalue weighted by molar-refractivity contribution is 5.77. The summed E-state index contributed by atoms with van der Waals surface area (Å²) in [7, 11) is 0. The zero-order valence-electron chi connectivity index (χ0n) is 13.0. The van der Waals surface area contributed by atoms with Crippen molar-refractivity contribution in [1.29, 1.82) is 0 Å². The van der Waals surface area contributed by atoms with E-state index in [1.165, 1.54) is 0 Å². The lowest BCUT2D eigenvalue weighted by Gasteiger charge is -2.23. The number of hydrogen-bond acceptors (Lipinski definition) is 4. The van der Waals surface area contributed by atoms with Gasteiger partial charge in [0.2, 0.25) is 5.91 Å². The van der Waals surface area contributed by atoms with Gasteiger partial charge in [0.05, 0.1) is 19.2 Å². The predicted molar refractivity (Wildman–Crippen MR) is 81.8 cm³/mol. The van der Waals surface area contributed by atoms with Gasteiger partial charge >= 0.3 is 5.97 Å². The molecule has 0 aromatic rings. The smallest absolute Gasteiger partial charge is 0.304 e. The molecule has 0 fully saturated rings. The van der Waals surface area contributed by atoms with Gasteiger partial charge in [-0.3, -0.25) is 14.5 Å². The van der Waals surface area contributed by atoms with Crippen LogP contribution in [0.4, 0.5) is 0 Å². The Balaban J connectivity index is 4.00. The van der Waals surface area contributed by atoms with E-state index in [0.29, 0.717) is 19.5 Å². The van der Waals surface area contributed by atoms with Crippen LogP contribution in [0.2, 0.25) is 0 Å². The summed E-state index contributed by atoms with van der Waals surface area (Å²) in [6, 6.07) is 0. The van der Waals surface area contributed by atoms with Crippen LogP contribution in [-0.4, -0.2) is 52.9 Å². The first-order chi connectivity index (χ1) is 9.95. The van der Waals surface area contributed by atoms with Crippen molar-refractivity contribution in [3.8, 4) is 0 Å². The van der Waals surface area contributed by atoms with Crippen LogP contribution in [0.5, 0.6) is 0 Å². The maximum atomic E-state index is 11.6. The van der Waals surface area contributed by atoms with Gasteiger partial charge in [-0.1, -0.05) is 31.9 Å². The minimum absolute atomic E-state index is 0.0144. The fraction of sp³-hybridized carbons (Fsp3) is 0.733. The second-order valence-corrected chi connectivity index (χ2v) is 5.15. The standard InChI is InChI=1S/C15H28N2O4/c1-3-4-5-6-7-8-14(19)16-12-17(11-13(2)18)10-9-15(20)21/h6-7,13,18H,3-5,8-12H2,1-2H3,(H,16,19)(H,20,21)/b7-6+. The number of unbranched alkanes of at least 4 members (excludes halogenated alkanes) is 2. The van der Waals surface area contributed by atoms with E-state index < -0.39 is 12.1 Å². The molecular weight excluding hydrogens is 272 g/mol. The van der Waals surface area contributed by atoms with Gasteiger partial charge in [-0.05, 0) is 13.3 Å². The molecule has 0 rings (SSSR count). The number of carbonyl (C=O) groups excluding carboxylic acids is 1. The van der Waals surface area contributed by atoms with Crippen molar-refractivity contribution >= 4 is 11.9 Å². The van der Waals surface area contributed by atoms with Gasteiger partial charge in [0.15, 0.2) is 0 Å². The Hall–Kier alpha value is -1.40. The zero-order valence-corrected chi connectivity index (χ0v) is 13.0. The molecule has 0 bridgehead atoms. The maximum absolute atomic E-state index is 11.6. The lowest BCUT2D eigenvalue weighted by molar-refractivity contribution is -0.137. The number of carboxylic acid groups (broad SMARTS) is 1. The number of amides is 1. The molecule has 6 nitrogen and oxygen atoms in total.